The van der Waals surface area contributed by atoms with Gasteiger partial charge in [-0.1, -0.05) is 24.4 Å². The van der Waals surface area contributed by atoms with Crippen LogP contribution in [0.1, 0.15) is 56.7 Å². The second kappa shape index (κ2) is 4.97. The quantitative estimate of drug-likeness (QED) is 0.888. The van der Waals surface area contributed by atoms with Crippen molar-refractivity contribution in [2.75, 3.05) is 6.61 Å². The van der Waals surface area contributed by atoms with Crippen molar-refractivity contribution < 1.29 is 9.26 Å². The Morgan fingerprint density at radius 2 is 2.06 bits per heavy atom. The van der Waals surface area contributed by atoms with Crippen molar-refractivity contribution in [3.05, 3.63) is 11.7 Å². The van der Waals surface area contributed by atoms with Crippen molar-refractivity contribution in [1.29, 1.82) is 0 Å². The molecule has 0 spiro atoms. The summed E-state index contributed by atoms with van der Waals surface area (Å²) in [4.78, 5) is 4.49. The molecule has 1 atom stereocenters. The van der Waals surface area contributed by atoms with Gasteiger partial charge in [-0.25, -0.2) is 0 Å². The van der Waals surface area contributed by atoms with E-state index in [2.05, 4.69) is 10.1 Å². The van der Waals surface area contributed by atoms with Crippen molar-refractivity contribution in [1.82, 2.24) is 10.1 Å². The average Bonchev–Trinajstić information content (AvgIpc) is 3.02. The fourth-order valence-electron chi connectivity index (χ4n) is 2.95. The van der Waals surface area contributed by atoms with Gasteiger partial charge in [-0.2, -0.15) is 4.98 Å². The normalized spacial score (nSPS) is 27.5. The molecule has 0 bridgehead atoms. The summed E-state index contributed by atoms with van der Waals surface area (Å²) >= 11 is 0. The van der Waals surface area contributed by atoms with Crippen LogP contribution in [0, 0.1) is 0 Å². The van der Waals surface area contributed by atoms with E-state index in [9.17, 15) is 0 Å². The van der Waals surface area contributed by atoms with Gasteiger partial charge < -0.3 is 15.0 Å². The summed E-state index contributed by atoms with van der Waals surface area (Å²) in [5.74, 6) is 1.36. The van der Waals surface area contributed by atoms with E-state index in [0.29, 0.717) is 11.7 Å². The highest BCUT2D eigenvalue weighted by molar-refractivity contribution is 5.05. The van der Waals surface area contributed by atoms with E-state index in [1.807, 2.05) is 0 Å². The third kappa shape index (κ3) is 2.42. The van der Waals surface area contributed by atoms with E-state index in [0.717, 1.165) is 51.6 Å². The molecule has 0 aromatic carbocycles. The lowest BCUT2D eigenvalue weighted by Crippen LogP contribution is -2.39. The van der Waals surface area contributed by atoms with Gasteiger partial charge in [0, 0.05) is 6.61 Å². The van der Waals surface area contributed by atoms with Gasteiger partial charge in [0.25, 0.3) is 0 Å². The molecule has 18 heavy (non-hydrogen) atoms. The third-order valence-electron chi connectivity index (χ3n) is 4.09. The van der Waals surface area contributed by atoms with Crippen molar-refractivity contribution in [2.45, 2.75) is 63.0 Å². The van der Waals surface area contributed by atoms with Crippen LogP contribution >= 0.6 is 0 Å². The van der Waals surface area contributed by atoms with Crippen LogP contribution in [-0.2, 0) is 16.7 Å². The highest BCUT2D eigenvalue weighted by Gasteiger charge is 2.34. The first-order valence-electron chi connectivity index (χ1n) is 7.00. The predicted octanol–water partition coefficient (Wildman–Crippen LogP) is 1.91. The monoisotopic (exact) mass is 251 g/mol. The molecule has 100 valence electrons. The van der Waals surface area contributed by atoms with Gasteiger partial charge in [-0.3, -0.25) is 0 Å². The summed E-state index contributed by atoms with van der Waals surface area (Å²) in [6, 6.07) is 0. The van der Waals surface area contributed by atoms with Crippen molar-refractivity contribution in [2.24, 2.45) is 5.73 Å². The molecule has 1 unspecified atom stereocenters. The fraction of sp³-hybridized carbons (Fsp3) is 0.846. The van der Waals surface area contributed by atoms with Crippen molar-refractivity contribution in [3.63, 3.8) is 0 Å². The summed E-state index contributed by atoms with van der Waals surface area (Å²) < 4.78 is 10.9. The lowest BCUT2D eigenvalue weighted by Gasteiger charge is -2.29. The fourth-order valence-corrected chi connectivity index (χ4v) is 2.95. The molecule has 1 aliphatic carbocycles. The van der Waals surface area contributed by atoms with E-state index < -0.39 is 0 Å². The van der Waals surface area contributed by atoms with E-state index in [-0.39, 0.29) is 11.6 Å². The summed E-state index contributed by atoms with van der Waals surface area (Å²) in [6.07, 6.45) is 8.70. The molecule has 2 N–H and O–H groups in total. The molecule has 2 aliphatic rings. The topological polar surface area (TPSA) is 74.2 Å². The number of nitrogens with zero attached hydrogens (tertiary/aromatic N) is 2. The molecule has 2 fully saturated rings. The van der Waals surface area contributed by atoms with Crippen LogP contribution in [0.5, 0.6) is 0 Å². The Morgan fingerprint density at radius 3 is 2.78 bits per heavy atom. The maximum atomic E-state index is 6.39. The first kappa shape index (κ1) is 12.1. The van der Waals surface area contributed by atoms with E-state index in [4.69, 9.17) is 15.0 Å². The van der Waals surface area contributed by atoms with Gasteiger partial charge >= 0.3 is 0 Å². The molecule has 1 aromatic rings. The first-order valence-corrected chi connectivity index (χ1v) is 7.00. The molecule has 3 rings (SSSR count). The minimum Gasteiger partial charge on any atom is -0.378 e. The zero-order chi connectivity index (χ0) is 12.4. The Kier molecular flexibility index (Phi) is 3.35. The zero-order valence-electron chi connectivity index (χ0n) is 10.7. The maximum absolute atomic E-state index is 6.39. The lowest BCUT2D eigenvalue weighted by molar-refractivity contribution is 0.104. The van der Waals surface area contributed by atoms with E-state index >= 15 is 0 Å². The van der Waals surface area contributed by atoms with E-state index in [1.165, 1.54) is 6.42 Å². The van der Waals surface area contributed by atoms with Gasteiger partial charge in [0.05, 0.1) is 18.1 Å². The smallest absolute Gasteiger partial charge is 0.229 e. The molecule has 5 heteroatoms. The number of ether oxygens (including phenoxy) is 1. The zero-order valence-corrected chi connectivity index (χ0v) is 10.7. The Balaban J connectivity index is 1.68. The van der Waals surface area contributed by atoms with Crippen LogP contribution in [0.3, 0.4) is 0 Å². The lowest BCUT2D eigenvalue weighted by atomic mass is 9.82. The highest BCUT2D eigenvalue weighted by atomic mass is 16.5. The Bertz CT molecular complexity index is 393. The van der Waals surface area contributed by atoms with Gasteiger partial charge in [-0.05, 0) is 25.7 Å². The largest absolute Gasteiger partial charge is 0.378 e. The molecule has 1 aromatic heterocycles. The number of hydrogen-bond acceptors (Lipinski definition) is 5. The van der Waals surface area contributed by atoms with Gasteiger partial charge in [0.2, 0.25) is 5.89 Å². The van der Waals surface area contributed by atoms with Crippen LogP contribution in [-0.4, -0.2) is 22.9 Å². The van der Waals surface area contributed by atoms with Crippen LogP contribution in [0.2, 0.25) is 0 Å². The standard InChI is InChI=1S/C13H21N3O2/c14-13(6-2-1-3-7-13)12-15-11(18-16-12)9-10-5-4-8-17-10/h10H,1-9,14H2. The molecular formula is C13H21N3O2. The maximum Gasteiger partial charge on any atom is 0.229 e. The number of aromatic nitrogens is 2. The molecule has 1 saturated carbocycles. The minimum atomic E-state index is -0.365. The van der Waals surface area contributed by atoms with Gasteiger partial charge in [0.1, 0.15) is 0 Å². The highest BCUT2D eigenvalue weighted by Crippen LogP contribution is 2.33. The van der Waals surface area contributed by atoms with Crippen molar-refractivity contribution in [3.8, 4) is 0 Å². The Labute approximate surface area is 107 Å². The molecular weight excluding hydrogens is 230 g/mol. The minimum absolute atomic E-state index is 0.249. The Morgan fingerprint density at radius 1 is 1.22 bits per heavy atom. The summed E-state index contributed by atoms with van der Waals surface area (Å²) in [5, 5.41) is 4.09. The van der Waals surface area contributed by atoms with Crippen LogP contribution in [0.4, 0.5) is 0 Å². The molecule has 1 aliphatic heterocycles. The van der Waals surface area contributed by atoms with Crippen LogP contribution < -0.4 is 5.73 Å². The van der Waals surface area contributed by atoms with Crippen LogP contribution in [0.15, 0.2) is 4.52 Å². The average molecular weight is 251 g/mol. The number of nitrogens with two attached hydrogens (primary N) is 1. The molecule has 1 saturated heterocycles. The summed E-state index contributed by atoms with van der Waals surface area (Å²) in [7, 11) is 0. The molecule has 0 radical (unpaired) electrons. The SMILES string of the molecule is NC1(c2noc(CC3CCCO3)n2)CCCCC1. The van der Waals surface area contributed by atoms with Gasteiger partial charge in [0.15, 0.2) is 5.82 Å². The Hall–Kier alpha value is -0.940. The summed E-state index contributed by atoms with van der Waals surface area (Å²) in [5.41, 5.74) is 6.02. The molecule has 5 nitrogen and oxygen atoms in total. The van der Waals surface area contributed by atoms with Crippen molar-refractivity contribution >= 4 is 0 Å². The first-order chi connectivity index (χ1) is 8.76. The second-order valence-electron chi connectivity index (χ2n) is 5.57. The van der Waals surface area contributed by atoms with Gasteiger partial charge in [-0.15, -0.1) is 0 Å². The second-order valence-corrected chi connectivity index (χ2v) is 5.57. The molecule has 2 heterocycles. The van der Waals surface area contributed by atoms with Crippen LogP contribution in [0.25, 0.3) is 0 Å². The number of rotatable bonds is 3. The third-order valence-corrected chi connectivity index (χ3v) is 4.09. The summed E-state index contributed by atoms with van der Waals surface area (Å²) in [6.45, 7) is 0.854. The van der Waals surface area contributed by atoms with E-state index in [1.54, 1.807) is 0 Å². The number of hydrogen-bond donors (Lipinski definition) is 1. The molecule has 0 amide bonds. The predicted molar refractivity (Wildman–Crippen MR) is 65.9 cm³/mol.